The van der Waals surface area contributed by atoms with Crippen molar-refractivity contribution < 1.29 is 18.3 Å². The Hall–Kier alpha value is -1.82. The van der Waals surface area contributed by atoms with Gasteiger partial charge in [-0.15, -0.1) is 0 Å². The molecule has 0 unspecified atom stereocenters. The van der Waals surface area contributed by atoms with Gasteiger partial charge in [0.2, 0.25) is 0 Å². The van der Waals surface area contributed by atoms with Crippen LogP contribution in [0.3, 0.4) is 0 Å². The zero-order valence-electron chi connectivity index (χ0n) is 11.0. The maximum atomic E-state index is 13.8. The Morgan fingerprint density at radius 2 is 2.15 bits per heavy atom. The van der Waals surface area contributed by atoms with Gasteiger partial charge in [-0.3, -0.25) is 4.79 Å². The number of ether oxygens (including phenoxy) is 1. The molecule has 1 aromatic heterocycles. The summed E-state index contributed by atoms with van der Waals surface area (Å²) >= 11 is 3.19. The topological polar surface area (TPSA) is 42.7 Å². The highest BCUT2D eigenvalue weighted by atomic mass is 79.9. The van der Waals surface area contributed by atoms with Crippen molar-refractivity contribution in [2.45, 2.75) is 6.54 Å². The van der Waals surface area contributed by atoms with Crippen molar-refractivity contribution in [1.82, 2.24) is 4.90 Å². The Labute approximate surface area is 124 Å². The van der Waals surface area contributed by atoms with E-state index in [1.54, 1.807) is 25.2 Å². The largest absolute Gasteiger partial charge is 0.497 e. The fourth-order valence-corrected chi connectivity index (χ4v) is 2.08. The minimum atomic E-state index is -0.609. The first-order valence-electron chi connectivity index (χ1n) is 5.84. The average molecular weight is 342 g/mol. The summed E-state index contributed by atoms with van der Waals surface area (Å²) in [7, 11) is 3.03. The van der Waals surface area contributed by atoms with Crippen LogP contribution in [0.2, 0.25) is 0 Å². The van der Waals surface area contributed by atoms with Crippen molar-refractivity contribution in [2.75, 3.05) is 14.2 Å². The Morgan fingerprint density at radius 3 is 2.70 bits per heavy atom. The van der Waals surface area contributed by atoms with Crippen molar-refractivity contribution in [2.24, 2.45) is 0 Å². The molecule has 2 rings (SSSR count). The first-order chi connectivity index (χ1) is 9.51. The van der Waals surface area contributed by atoms with E-state index in [-0.39, 0.29) is 12.1 Å². The van der Waals surface area contributed by atoms with E-state index in [2.05, 4.69) is 15.9 Å². The summed E-state index contributed by atoms with van der Waals surface area (Å²) in [4.78, 5) is 13.6. The lowest BCUT2D eigenvalue weighted by Gasteiger charge is -2.16. The highest BCUT2D eigenvalue weighted by Crippen LogP contribution is 2.19. The third-order valence-corrected chi connectivity index (χ3v) is 3.20. The van der Waals surface area contributed by atoms with Gasteiger partial charge in [0, 0.05) is 13.1 Å². The molecule has 0 N–H and O–H groups in total. The van der Waals surface area contributed by atoms with E-state index in [1.807, 2.05) is 0 Å². The maximum absolute atomic E-state index is 13.8. The molecule has 0 aliphatic carbocycles. The van der Waals surface area contributed by atoms with Crippen LogP contribution in [-0.2, 0) is 6.54 Å². The van der Waals surface area contributed by atoms with Crippen LogP contribution in [0, 0.1) is 5.82 Å². The molecular formula is C14H13BrFNO3. The van der Waals surface area contributed by atoms with Crippen LogP contribution in [0.15, 0.2) is 39.4 Å². The third-order valence-electron chi connectivity index (χ3n) is 2.78. The lowest BCUT2D eigenvalue weighted by atomic mass is 10.1. The number of rotatable bonds is 4. The summed E-state index contributed by atoms with van der Waals surface area (Å²) in [6.07, 6.45) is 0. The van der Waals surface area contributed by atoms with E-state index in [1.165, 1.54) is 24.1 Å². The molecule has 0 spiro atoms. The Bertz CT molecular complexity index is 627. The average Bonchev–Trinajstić information content (AvgIpc) is 2.83. The van der Waals surface area contributed by atoms with E-state index < -0.39 is 11.7 Å². The second kappa shape index (κ2) is 6.09. The lowest BCUT2D eigenvalue weighted by Crippen LogP contribution is -2.26. The molecule has 0 atom stereocenters. The van der Waals surface area contributed by atoms with Crippen LogP contribution in [0.1, 0.15) is 16.1 Å². The van der Waals surface area contributed by atoms with Crippen molar-refractivity contribution >= 4 is 21.8 Å². The summed E-state index contributed by atoms with van der Waals surface area (Å²) in [6.45, 7) is 0.260. The summed E-state index contributed by atoms with van der Waals surface area (Å²) in [5.41, 5.74) is -0.000998. The molecule has 1 aromatic carbocycles. The zero-order valence-corrected chi connectivity index (χ0v) is 12.6. The molecule has 4 nitrogen and oxygen atoms in total. The van der Waals surface area contributed by atoms with Crippen molar-refractivity contribution in [3.63, 3.8) is 0 Å². The number of halogens is 2. The van der Waals surface area contributed by atoms with Crippen LogP contribution < -0.4 is 4.74 Å². The molecule has 0 aliphatic rings. The molecule has 6 heteroatoms. The third kappa shape index (κ3) is 3.19. The first-order valence-corrected chi connectivity index (χ1v) is 6.64. The smallest absolute Gasteiger partial charge is 0.256 e. The van der Waals surface area contributed by atoms with E-state index in [4.69, 9.17) is 9.15 Å². The zero-order chi connectivity index (χ0) is 14.7. The van der Waals surface area contributed by atoms with E-state index in [0.717, 1.165) is 0 Å². The minimum Gasteiger partial charge on any atom is -0.497 e. The summed E-state index contributed by atoms with van der Waals surface area (Å²) in [5, 5.41) is 0. The molecule has 0 radical (unpaired) electrons. The highest BCUT2D eigenvalue weighted by Gasteiger charge is 2.18. The quantitative estimate of drug-likeness (QED) is 0.855. The number of methoxy groups -OCH3 is 1. The highest BCUT2D eigenvalue weighted by molar-refractivity contribution is 9.10. The predicted octanol–water partition coefficient (Wildman–Crippen LogP) is 3.46. The minimum absolute atomic E-state index is 0.000998. The number of benzene rings is 1. The lowest BCUT2D eigenvalue weighted by molar-refractivity contribution is 0.0770. The maximum Gasteiger partial charge on any atom is 0.256 e. The van der Waals surface area contributed by atoms with Gasteiger partial charge in [0.25, 0.3) is 5.91 Å². The monoisotopic (exact) mass is 341 g/mol. The van der Waals surface area contributed by atoms with Crippen molar-refractivity contribution in [1.29, 1.82) is 0 Å². The molecule has 0 saturated carbocycles. The van der Waals surface area contributed by atoms with Gasteiger partial charge < -0.3 is 14.1 Å². The molecule has 1 heterocycles. The predicted molar refractivity (Wildman–Crippen MR) is 75.2 cm³/mol. The molecule has 0 saturated heterocycles. The van der Waals surface area contributed by atoms with Gasteiger partial charge in [-0.05, 0) is 40.2 Å². The van der Waals surface area contributed by atoms with Crippen LogP contribution in [0.4, 0.5) is 4.39 Å². The molecule has 2 aromatic rings. The second-order valence-corrected chi connectivity index (χ2v) is 4.99. The van der Waals surface area contributed by atoms with Crippen LogP contribution >= 0.6 is 15.9 Å². The summed E-state index contributed by atoms with van der Waals surface area (Å²) < 4.78 is 24.6. The van der Waals surface area contributed by atoms with Gasteiger partial charge in [-0.1, -0.05) is 0 Å². The Balaban J connectivity index is 2.14. The summed E-state index contributed by atoms with van der Waals surface area (Å²) in [5.74, 6) is -0.0437. The SMILES string of the molecule is COc1ccc(C(=O)N(C)Cc2ccc(Br)o2)c(F)c1. The van der Waals surface area contributed by atoms with Gasteiger partial charge in [0.1, 0.15) is 17.3 Å². The van der Waals surface area contributed by atoms with Crippen LogP contribution in [0.25, 0.3) is 0 Å². The van der Waals surface area contributed by atoms with Gasteiger partial charge in [-0.25, -0.2) is 4.39 Å². The van der Waals surface area contributed by atoms with E-state index in [9.17, 15) is 9.18 Å². The normalized spacial score (nSPS) is 10.4. The van der Waals surface area contributed by atoms with E-state index in [0.29, 0.717) is 16.2 Å². The fourth-order valence-electron chi connectivity index (χ4n) is 1.74. The Morgan fingerprint density at radius 1 is 1.40 bits per heavy atom. The number of carbonyl (C=O) groups is 1. The van der Waals surface area contributed by atoms with Crippen molar-refractivity contribution in [3.05, 3.63) is 52.1 Å². The molecule has 0 bridgehead atoms. The molecule has 0 aliphatic heterocycles. The molecule has 20 heavy (non-hydrogen) atoms. The molecule has 1 amide bonds. The standard InChI is InChI=1S/C14H13BrFNO3/c1-17(8-10-4-6-13(15)20-10)14(18)11-5-3-9(19-2)7-12(11)16/h3-7H,8H2,1-2H3. The molecular weight excluding hydrogens is 329 g/mol. The number of hydrogen-bond donors (Lipinski definition) is 0. The second-order valence-electron chi connectivity index (χ2n) is 4.21. The number of nitrogens with zero attached hydrogens (tertiary/aromatic N) is 1. The van der Waals surface area contributed by atoms with Crippen LogP contribution in [-0.4, -0.2) is 25.0 Å². The van der Waals surface area contributed by atoms with Gasteiger partial charge in [0.05, 0.1) is 19.2 Å². The van der Waals surface area contributed by atoms with Gasteiger partial charge >= 0.3 is 0 Å². The first kappa shape index (κ1) is 14.6. The molecule has 0 fully saturated rings. The molecule has 106 valence electrons. The number of carbonyl (C=O) groups excluding carboxylic acids is 1. The number of hydrogen-bond acceptors (Lipinski definition) is 3. The summed E-state index contributed by atoms with van der Waals surface area (Å²) in [6, 6.07) is 7.63. The van der Waals surface area contributed by atoms with E-state index >= 15 is 0 Å². The van der Waals surface area contributed by atoms with Gasteiger partial charge in [0.15, 0.2) is 4.67 Å². The number of amides is 1. The van der Waals surface area contributed by atoms with Crippen molar-refractivity contribution in [3.8, 4) is 5.75 Å². The fraction of sp³-hybridized carbons (Fsp3) is 0.214. The Kier molecular flexibility index (Phi) is 4.44. The van der Waals surface area contributed by atoms with Gasteiger partial charge in [-0.2, -0.15) is 0 Å². The van der Waals surface area contributed by atoms with Crippen LogP contribution in [0.5, 0.6) is 5.75 Å². The number of furan rings is 1.